The Morgan fingerprint density at radius 2 is 2.07 bits per heavy atom. The zero-order valence-corrected chi connectivity index (χ0v) is 15.1. The van der Waals surface area contributed by atoms with Crippen molar-refractivity contribution in [2.24, 2.45) is 0 Å². The average molecular weight is 381 g/mol. The van der Waals surface area contributed by atoms with Crippen molar-refractivity contribution in [2.75, 3.05) is 7.05 Å². The van der Waals surface area contributed by atoms with Gasteiger partial charge in [-0.3, -0.25) is 15.1 Å². The normalized spacial score (nSPS) is 12.8. The van der Waals surface area contributed by atoms with Crippen LogP contribution >= 0.6 is 0 Å². The second-order valence-electron chi connectivity index (χ2n) is 6.60. The maximum absolute atomic E-state index is 14.7. The molecule has 0 bridgehead atoms. The van der Waals surface area contributed by atoms with Gasteiger partial charge in [-0.25, -0.2) is 9.18 Å². The number of carbonyl (C=O) groups is 1. The van der Waals surface area contributed by atoms with Crippen molar-refractivity contribution in [3.63, 3.8) is 0 Å². The van der Waals surface area contributed by atoms with Gasteiger partial charge in [-0.15, -0.1) is 0 Å². The van der Waals surface area contributed by atoms with Crippen molar-refractivity contribution in [3.8, 4) is 11.3 Å². The number of halogens is 2. The van der Waals surface area contributed by atoms with E-state index in [-0.39, 0.29) is 5.69 Å². The lowest BCUT2D eigenvalue weighted by Gasteiger charge is -2.25. The minimum Gasteiger partial charge on any atom is -0.444 e. The predicted octanol–water partition coefficient (Wildman–Crippen LogP) is 4.30. The fourth-order valence-electron chi connectivity index (χ4n) is 2.14. The Morgan fingerprint density at radius 3 is 2.67 bits per heavy atom. The molecule has 0 radical (unpaired) electrons. The van der Waals surface area contributed by atoms with Crippen LogP contribution in [0.15, 0.2) is 30.5 Å². The number of nitrogens with zero attached hydrogens (tertiary/aromatic N) is 3. The van der Waals surface area contributed by atoms with Crippen molar-refractivity contribution in [1.82, 2.24) is 9.88 Å². The molecule has 0 unspecified atom stereocenters. The van der Waals surface area contributed by atoms with Crippen LogP contribution in [0.5, 0.6) is 0 Å². The Labute approximate surface area is 157 Å². The summed E-state index contributed by atoms with van der Waals surface area (Å²) in [5, 5.41) is 11.0. The molecule has 1 heterocycles. The minimum absolute atomic E-state index is 0.381. The fraction of sp³-hybridized carbons (Fsp3) is 0.333. The third-order valence-electron chi connectivity index (χ3n) is 3.24. The highest BCUT2D eigenvalue weighted by molar-refractivity contribution is 5.70. The molecule has 0 aliphatic heterocycles. The fourth-order valence-corrected chi connectivity index (χ4v) is 2.14. The monoisotopic (exact) mass is 381 g/mol. The number of hydrogen-bond donors (Lipinski definition) is 0. The Hall–Kier alpha value is -3.10. The molecule has 0 N–H and O–H groups in total. The zero-order chi connectivity index (χ0) is 22.1. The van der Waals surface area contributed by atoms with Crippen molar-refractivity contribution < 1.29 is 26.0 Å². The van der Waals surface area contributed by atoms with Crippen molar-refractivity contribution in [1.29, 1.82) is 0 Å². The number of carbonyl (C=O) groups excluding carboxylic acids is 1. The van der Waals surface area contributed by atoms with Crippen LogP contribution < -0.4 is 0 Å². The van der Waals surface area contributed by atoms with E-state index in [2.05, 4.69) is 4.98 Å². The summed E-state index contributed by atoms with van der Waals surface area (Å²) in [5.74, 6) is -2.19. The maximum Gasteiger partial charge on any atom is 0.410 e. The van der Waals surface area contributed by atoms with Gasteiger partial charge in [-0.1, -0.05) is 6.07 Å². The molecule has 0 saturated carbocycles. The third kappa shape index (κ3) is 4.96. The second kappa shape index (κ2) is 7.65. The first-order valence-electron chi connectivity index (χ1n) is 8.82. The largest absolute Gasteiger partial charge is 0.444 e. The van der Waals surface area contributed by atoms with E-state index in [0.29, 0.717) is 4.90 Å². The Bertz CT molecular complexity index is 965. The van der Waals surface area contributed by atoms with E-state index in [1.807, 2.05) is 0 Å². The van der Waals surface area contributed by atoms with E-state index >= 15 is 0 Å². The van der Waals surface area contributed by atoms with E-state index in [1.54, 1.807) is 20.8 Å². The second-order valence-corrected chi connectivity index (χ2v) is 6.60. The number of pyridine rings is 1. The lowest BCUT2D eigenvalue weighted by molar-refractivity contribution is -0.387. The molecule has 0 fully saturated rings. The van der Waals surface area contributed by atoms with Gasteiger partial charge in [0.1, 0.15) is 11.4 Å². The van der Waals surface area contributed by atoms with E-state index in [0.717, 1.165) is 31.4 Å². The van der Waals surface area contributed by atoms with E-state index in [4.69, 9.17) is 7.48 Å². The molecule has 27 heavy (non-hydrogen) atoms. The quantitative estimate of drug-likeness (QED) is 0.582. The Morgan fingerprint density at radius 1 is 1.41 bits per heavy atom. The van der Waals surface area contributed by atoms with Gasteiger partial charge in [0.2, 0.25) is 5.82 Å². The van der Waals surface area contributed by atoms with Crippen LogP contribution in [-0.2, 0) is 11.2 Å². The molecular formula is C18H19F2N3O4. The lowest BCUT2D eigenvalue weighted by atomic mass is 10.0. The van der Waals surface area contributed by atoms with Crippen LogP contribution in [0.4, 0.5) is 19.3 Å². The molecule has 0 aliphatic carbocycles. The molecule has 0 saturated heterocycles. The number of aromatic nitrogens is 1. The van der Waals surface area contributed by atoms with Gasteiger partial charge in [0.15, 0.2) is 0 Å². The molecule has 1 amide bonds. The Balaban J connectivity index is 2.63. The van der Waals surface area contributed by atoms with Crippen LogP contribution in [0, 0.1) is 21.7 Å². The maximum atomic E-state index is 14.7. The van der Waals surface area contributed by atoms with Crippen LogP contribution in [-0.4, -0.2) is 33.5 Å². The van der Waals surface area contributed by atoms with Crippen LogP contribution in [0.25, 0.3) is 11.3 Å². The Kier molecular flexibility index (Phi) is 4.91. The van der Waals surface area contributed by atoms with Gasteiger partial charge in [-0.05, 0) is 32.9 Å². The molecule has 7 nitrogen and oxygen atoms in total. The lowest BCUT2D eigenvalue weighted by Crippen LogP contribution is -2.34. The number of nitro benzene ring substituents is 1. The summed E-state index contributed by atoms with van der Waals surface area (Å²) in [5.41, 5.74) is -3.05. The summed E-state index contributed by atoms with van der Waals surface area (Å²) in [6.45, 7) is 2.08. The molecule has 2 aromatic rings. The van der Waals surface area contributed by atoms with Gasteiger partial charge in [0.05, 0.1) is 26.1 Å². The third-order valence-corrected chi connectivity index (χ3v) is 3.24. The van der Waals surface area contributed by atoms with Gasteiger partial charge in [-0.2, -0.15) is 4.39 Å². The summed E-state index contributed by atoms with van der Waals surface area (Å²) in [4.78, 5) is 26.7. The number of benzene rings is 1. The minimum atomic E-state index is -2.68. The first-order chi connectivity index (χ1) is 13.3. The summed E-state index contributed by atoms with van der Waals surface area (Å²) in [7, 11) is 1.09. The highest BCUT2D eigenvalue weighted by atomic mass is 19.1. The van der Waals surface area contributed by atoms with Gasteiger partial charge in [0.25, 0.3) is 0 Å². The molecule has 9 heteroatoms. The molecule has 144 valence electrons. The molecule has 0 atom stereocenters. The summed E-state index contributed by atoms with van der Waals surface area (Å²) in [6.07, 6.45) is -0.321. The van der Waals surface area contributed by atoms with E-state index in [1.165, 1.54) is 6.07 Å². The number of rotatable bonds is 4. The summed E-state index contributed by atoms with van der Waals surface area (Å²) >= 11 is 0. The highest BCUT2D eigenvalue weighted by Crippen LogP contribution is 2.30. The number of amides is 1. The first kappa shape index (κ1) is 17.3. The summed E-state index contributed by atoms with van der Waals surface area (Å²) < 4.78 is 50.3. The van der Waals surface area contributed by atoms with Crippen LogP contribution in [0.2, 0.25) is 0 Å². The zero-order valence-electron chi connectivity index (χ0n) is 17.1. The predicted molar refractivity (Wildman–Crippen MR) is 93.9 cm³/mol. The first-order valence-corrected chi connectivity index (χ1v) is 7.82. The van der Waals surface area contributed by atoms with Gasteiger partial charge >= 0.3 is 11.8 Å². The SMILES string of the molecule is [2H]C([2H])(c1cc(F)cnc1-c1cccc([N+](=O)[O-])c1F)N(C)C(=O)OC(C)(C)C. The van der Waals surface area contributed by atoms with Crippen LogP contribution in [0.3, 0.4) is 0 Å². The standard InChI is InChI=1S/C18H19F2N3O4/c1-18(2,3)27-17(24)22(4)10-11-8-12(19)9-21-16(11)13-6-5-7-14(15(13)20)23(25)26/h5-9H,10H2,1-4H3/i10D2. The number of ether oxygens (including phenoxy) is 1. The molecule has 1 aromatic heterocycles. The topological polar surface area (TPSA) is 85.6 Å². The molecule has 0 spiro atoms. The van der Waals surface area contributed by atoms with Gasteiger partial charge < -0.3 is 9.64 Å². The number of hydrogen-bond acceptors (Lipinski definition) is 5. The van der Waals surface area contributed by atoms with Gasteiger partial charge in [0, 0.05) is 24.2 Å². The van der Waals surface area contributed by atoms with Crippen molar-refractivity contribution >= 4 is 11.8 Å². The smallest absolute Gasteiger partial charge is 0.410 e. The van der Waals surface area contributed by atoms with Crippen molar-refractivity contribution in [2.45, 2.75) is 32.9 Å². The van der Waals surface area contributed by atoms with E-state index in [9.17, 15) is 23.7 Å². The molecule has 1 aromatic carbocycles. The van der Waals surface area contributed by atoms with Crippen LogP contribution in [0.1, 0.15) is 29.1 Å². The summed E-state index contributed by atoms with van der Waals surface area (Å²) in [6, 6.07) is 4.03. The molecule has 0 aliphatic rings. The van der Waals surface area contributed by atoms with E-state index < -0.39 is 51.6 Å². The molecular weight excluding hydrogens is 360 g/mol. The number of nitro groups is 1. The molecule has 2 rings (SSSR count). The van der Waals surface area contributed by atoms with Crippen molar-refractivity contribution in [3.05, 3.63) is 57.8 Å². The highest BCUT2D eigenvalue weighted by Gasteiger charge is 2.24. The average Bonchev–Trinajstić information content (AvgIpc) is 2.59.